The summed E-state index contributed by atoms with van der Waals surface area (Å²) in [7, 11) is 1.92. The van der Waals surface area contributed by atoms with Crippen LogP contribution >= 0.6 is 0 Å². The number of fused-ring (bicyclic) bond motifs is 1. The Kier molecular flexibility index (Phi) is 5.29. The van der Waals surface area contributed by atoms with Crippen molar-refractivity contribution < 1.29 is 13.9 Å². The van der Waals surface area contributed by atoms with E-state index < -0.39 is 0 Å². The number of rotatable bonds is 7. The molecule has 1 N–H and O–H groups in total. The molecule has 0 aliphatic heterocycles. The van der Waals surface area contributed by atoms with E-state index in [1.807, 2.05) is 63.4 Å². The summed E-state index contributed by atoms with van der Waals surface area (Å²) in [5, 5.41) is 4.27. The molecule has 1 aromatic heterocycles. The first-order valence-electron chi connectivity index (χ1n) is 8.64. The zero-order valence-corrected chi connectivity index (χ0v) is 15.2. The van der Waals surface area contributed by atoms with Crippen LogP contribution in [0.4, 0.5) is 0 Å². The third-order valence-corrected chi connectivity index (χ3v) is 4.07. The normalized spacial score (nSPS) is 12.5. The molecule has 4 heteroatoms. The smallest absolute Gasteiger partial charge is 0.138 e. The SMILES string of the molecule is CNC(C)c1cc2ccc(OCc3ccc(OC(C)C)cc3)cc2o1. The number of benzene rings is 2. The Hall–Kier alpha value is -2.46. The van der Waals surface area contributed by atoms with Crippen molar-refractivity contribution in [3.8, 4) is 11.5 Å². The first-order chi connectivity index (χ1) is 12.0. The van der Waals surface area contributed by atoms with Crippen molar-refractivity contribution in [1.82, 2.24) is 5.32 Å². The van der Waals surface area contributed by atoms with Gasteiger partial charge in [-0.3, -0.25) is 0 Å². The minimum atomic E-state index is 0.178. The van der Waals surface area contributed by atoms with Crippen LogP contribution in [0.5, 0.6) is 11.5 Å². The Morgan fingerprint density at radius 3 is 2.36 bits per heavy atom. The predicted molar refractivity (Wildman–Crippen MR) is 100 cm³/mol. The van der Waals surface area contributed by atoms with Gasteiger partial charge in [0.25, 0.3) is 0 Å². The molecule has 0 aliphatic rings. The van der Waals surface area contributed by atoms with Crippen molar-refractivity contribution in [1.29, 1.82) is 0 Å². The summed E-state index contributed by atoms with van der Waals surface area (Å²) in [6.45, 7) is 6.62. The van der Waals surface area contributed by atoms with Crippen molar-refractivity contribution in [3.63, 3.8) is 0 Å². The maximum absolute atomic E-state index is 5.91. The quantitative estimate of drug-likeness (QED) is 0.652. The lowest BCUT2D eigenvalue weighted by atomic mass is 10.2. The van der Waals surface area contributed by atoms with Crippen LogP contribution in [0.2, 0.25) is 0 Å². The van der Waals surface area contributed by atoms with Gasteiger partial charge in [-0.15, -0.1) is 0 Å². The van der Waals surface area contributed by atoms with Crippen LogP contribution in [-0.2, 0) is 6.61 Å². The molecule has 1 unspecified atom stereocenters. The molecule has 4 nitrogen and oxygen atoms in total. The fourth-order valence-electron chi connectivity index (χ4n) is 2.58. The highest BCUT2D eigenvalue weighted by Crippen LogP contribution is 2.27. The van der Waals surface area contributed by atoms with Crippen LogP contribution < -0.4 is 14.8 Å². The Balaban J connectivity index is 1.66. The molecule has 0 spiro atoms. The molecule has 3 rings (SSSR count). The highest BCUT2D eigenvalue weighted by molar-refractivity contribution is 5.79. The van der Waals surface area contributed by atoms with Gasteiger partial charge < -0.3 is 19.2 Å². The van der Waals surface area contributed by atoms with Gasteiger partial charge in [0.05, 0.1) is 12.1 Å². The fourth-order valence-corrected chi connectivity index (χ4v) is 2.58. The maximum Gasteiger partial charge on any atom is 0.138 e. The van der Waals surface area contributed by atoms with Crippen LogP contribution in [0.3, 0.4) is 0 Å². The van der Waals surface area contributed by atoms with Crippen LogP contribution in [0.25, 0.3) is 11.0 Å². The second-order valence-corrected chi connectivity index (χ2v) is 6.46. The van der Waals surface area contributed by atoms with Gasteiger partial charge in [-0.05, 0) is 63.7 Å². The average Bonchev–Trinajstić information content (AvgIpc) is 3.03. The van der Waals surface area contributed by atoms with Crippen molar-refractivity contribution in [2.24, 2.45) is 0 Å². The molecule has 0 bridgehead atoms. The Bertz CT molecular complexity index is 821. The number of hydrogen-bond donors (Lipinski definition) is 1. The molecule has 25 heavy (non-hydrogen) atoms. The van der Waals surface area contributed by atoms with Gasteiger partial charge in [0.1, 0.15) is 29.4 Å². The molecule has 0 fully saturated rings. The van der Waals surface area contributed by atoms with Gasteiger partial charge in [0, 0.05) is 11.5 Å². The van der Waals surface area contributed by atoms with Crippen LogP contribution in [0, 0.1) is 0 Å². The van der Waals surface area contributed by atoms with Gasteiger partial charge in [-0.1, -0.05) is 12.1 Å². The van der Waals surface area contributed by atoms with Gasteiger partial charge in [-0.2, -0.15) is 0 Å². The van der Waals surface area contributed by atoms with E-state index in [0.717, 1.165) is 33.8 Å². The minimum absolute atomic E-state index is 0.178. The average molecular weight is 339 g/mol. The van der Waals surface area contributed by atoms with Gasteiger partial charge >= 0.3 is 0 Å². The Labute approximate surface area is 148 Å². The summed E-state index contributed by atoms with van der Waals surface area (Å²) in [6.07, 6.45) is 0.178. The molecule has 0 radical (unpaired) electrons. The van der Waals surface area contributed by atoms with Crippen molar-refractivity contribution in [2.75, 3.05) is 7.05 Å². The minimum Gasteiger partial charge on any atom is -0.491 e. The van der Waals surface area contributed by atoms with Gasteiger partial charge in [0.2, 0.25) is 0 Å². The predicted octanol–water partition coefficient (Wildman–Crippen LogP) is 5.08. The topological polar surface area (TPSA) is 43.6 Å². The van der Waals surface area contributed by atoms with E-state index in [0.29, 0.717) is 6.61 Å². The standard InChI is InChI=1S/C21H25NO3/c1-14(2)24-18-8-5-16(6-9-18)13-23-19-10-7-17-11-20(15(3)22-4)25-21(17)12-19/h5-12,14-15,22H,13H2,1-4H3. The zero-order chi connectivity index (χ0) is 17.8. The summed E-state index contributed by atoms with van der Waals surface area (Å²) >= 11 is 0. The maximum atomic E-state index is 5.91. The largest absolute Gasteiger partial charge is 0.491 e. The first-order valence-corrected chi connectivity index (χ1v) is 8.64. The van der Waals surface area contributed by atoms with E-state index in [9.17, 15) is 0 Å². The van der Waals surface area contributed by atoms with E-state index in [-0.39, 0.29) is 12.1 Å². The third-order valence-electron chi connectivity index (χ3n) is 4.07. The van der Waals surface area contributed by atoms with Crippen LogP contribution in [0.1, 0.15) is 38.1 Å². The van der Waals surface area contributed by atoms with E-state index in [1.165, 1.54) is 0 Å². The molecule has 0 amide bonds. The Morgan fingerprint density at radius 1 is 0.960 bits per heavy atom. The molecule has 0 saturated carbocycles. The first kappa shape index (κ1) is 17.4. The summed E-state index contributed by atoms with van der Waals surface area (Å²) in [5.74, 6) is 2.60. The van der Waals surface area contributed by atoms with Gasteiger partial charge in [0.15, 0.2) is 0 Å². The number of hydrogen-bond acceptors (Lipinski definition) is 4. The van der Waals surface area contributed by atoms with Gasteiger partial charge in [-0.25, -0.2) is 0 Å². The fraction of sp³-hybridized carbons (Fsp3) is 0.333. The number of ether oxygens (including phenoxy) is 2. The second-order valence-electron chi connectivity index (χ2n) is 6.46. The lowest BCUT2D eigenvalue weighted by molar-refractivity contribution is 0.242. The molecular formula is C21H25NO3. The molecule has 3 aromatic rings. The highest BCUT2D eigenvalue weighted by Gasteiger charge is 2.10. The molecule has 0 aliphatic carbocycles. The van der Waals surface area contributed by atoms with E-state index in [2.05, 4.69) is 18.3 Å². The lowest BCUT2D eigenvalue weighted by Gasteiger charge is -2.10. The third kappa shape index (κ3) is 4.34. The number of furan rings is 1. The second kappa shape index (κ2) is 7.62. The molecule has 2 aromatic carbocycles. The molecular weight excluding hydrogens is 314 g/mol. The molecule has 0 saturated heterocycles. The summed E-state index contributed by atoms with van der Waals surface area (Å²) in [4.78, 5) is 0. The summed E-state index contributed by atoms with van der Waals surface area (Å²) in [6, 6.07) is 16.2. The lowest BCUT2D eigenvalue weighted by Crippen LogP contribution is -2.10. The van der Waals surface area contributed by atoms with Crippen molar-refractivity contribution >= 4 is 11.0 Å². The van der Waals surface area contributed by atoms with Crippen molar-refractivity contribution in [2.45, 2.75) is 39.5 Å². The summed E-state index contributed by atoms with van der Waals surface area (Å²) in [5.41, 5.74) is 1.94. The van der Waals surface area contributed by atoms with Crippen LogP contribution in [0.15, 0.2) is 52.9 Å². The molecule has 132 valence electrons. The number of nitrogens with one attached hydrogen (secondary N) is 1. The monoisotopic (exact) mass is 339 g/mol. The molecule has 1 heterocycles. The highest BCUT2D eigenvalue weighted by atomic mass is 16.5. The van der Waals surface area contributed by atoms with E-state index >= 15 is 0 Å². The zero-order valence-electron chi connectivity index (χ0n) is 15.2. The van der Waals surface area contributed by atoms with E-state index in [4.69, 9.17) is 13.9 Å². The Morgan fingerprint density at radius 2 is 1.68 bits per heavy atom. The van der Waals surface area contributed by atoms with Crippen molar-refractivity contribution in [3.05, 3.63) is 59.9 Å². The van der Waals surface area contributed by atoms with E-state index in [1.54, 1.807) is 0 Å². The van der Waals surface area contributed by atoms with Crippen LogP contribution in [-0.4, -0.2) is 13.2 Å². The summed E-state index contributed by atoms with van der Waals surface area (Å²) < 4.78 is 17.5. The molecule has 1 atom stereocenters.